The molecule has 3 N–H and O–H groups in total. The molecule has 0 spiro atoms. The fourth-order valence-corrected chi connectivity index (χ4v) is 10.6. The van der Waals surface area contributed by atoms with Gasteiger partial charge in [-0.2, -0.15) is 25.3 Å². The number of benzene rings is 2. The number of carbonyl (C=O) groups excluding carboxylic acids is 3. The van der Waals surface area contributed by atoms with Gasteiger partial charge in [0, 0.05) is 73.7 Å². The Morgan fingerprint density at radius 3 is 1.76 bits per heavy atom. The van der Waals surface area contributed by atoms with Crippen molar-refractivity contribution in [3.05, 3.63) is 89.9 Å². The Balaban J connectivity index is 1.16. The number of amides is 2. The van der Waals surface area contributed by atoms with Gasteiger partial charge in [0.1, 0.15) is 5.75 Å². The zero-order valence-corrected chi connectivity index (χ0v) is 51.1. The minimum atomic E-state index is -4.66. The standard InChI is InChI=1S/C56H81N3O24S3/c1-56(17-5-41-84(63,64)65)49-44-47(86(69,70)71)11-13-50(49)58(20-24-75-29-32-79-37-40-81-38-35-77-30-27-73-22-16-55(62)83-59-53(60)14-15-54(59)61)52(56)9-3-7-45-8-4-21-82-51-43-46(10-12-48(45)51)57(18-6-42-85(66,67)68)19-23-74-28-31-78-36-39-80-34-33-76-26-25-72-2/h3-4,7-13,21,43-44H,5-6,14-20,22-42H2,1-2H3,(H,63,64,65)(H,66,67,68)(H,69,70,71)/b7-3+,52-9+. The Labute approximate surface area is 503 Å². The van der Waals surface area contributed by atoms with Crippen LogP contribution in [-0.4, -0.2) is 226 Å². The number of allylic oxidation sites excluding steroid dienone is 7. The van der Waals surface area contributed by atoms with Crippen LogP contribution in [0.4, 0.5) is 11.4 Å². The zero-order chi connectivity index (χ0) is 62.3. The Bertz CT molecular complexity index is 2920. The minimum absolute atomic E-state index is 0.00282. The normalized spacial score (nSPS) is 16.7. The maximum absolute atomic E-state index is 12.5. The SMILES string of the molecule is COCCOCCOCCOCCOCCN(CCCS(=O)(=O)O)c1ccc2c(c1)OC=CC=C2/C=C/C=C1/N(CCOCCOCCOCCOCCOCCC(=O)ON2C(=O)CCC2=O)c2ccc(S(=O)(=O)O)cc2C1(C)CCCS(=O)(=O)O. The highest BCUT2D eigenvalue weighted by Crippen LogP contribution is 2.51. The van der Waals surface area contributed by atoms with Crippen LogP contribution in [0, 0.1) is 0 Å². The quantitative estimate of drug-likeness (QED) is 0.0479. The molecule has 1 unspecified atom stereocenters. The molecule has 1 atom stereocenters. The van der Waals surface area contributed by atoms with Crippen LogP contribution >= 0.6 is 0 Å². The Hall–Kier alpha value is -5.26. The average Bonchev–Trinajstić information content (AvgIpc) is 1.59. The third-order valence-corrected chi connectivity index (χ3v) is 15.7. The molecule has 0 radical (unpaired) electrons. The number of fused-ring (bicyclic) bond motifs is 2. The van der Waals surface area contributed by atoms with Crippen LogP contribution in [0.5, 0.6) is 5.75 Å². The van der Waals surface area contributed by atoms with Gasteiger partial charge in [-0.3, -0.25) is 23.2 Å². The van der Waals surface area contributed by atoms with Crippen molar-refractivity contribution in [1.29, 1.82) is 0 Å². The molecule has 2 aromatic carbocycles. The van der Waals surface area contributed by atoms with E-state index in [1.807, 2.05) is 53.2 Å². The highest BCUT2D eigenvalue weighted by molar-refractivity contribution is 7.86. The fraction of sp³-hybridized carbons (Fsp3) is 0.589. The number of hydrogen-bond donors (Lipinski definition) is 3. The second-order valence-electron chi connectivity index (χ2n) is 19.6. The topological polar surface area (TPSA) is 335 Å². The van der Waals surface area contributed by atoms with E-state index in [0.717, 1.165) is 5.57 Å². The van der Waals surface area contributed by atoms with Crippen molar-refractivity contribution >= 4 is 65.1 Å². The minimum Gasteiger partial charge on any atom is -0.464 e. The lowest BCUT2D eigenvalue weighted by Gasteiger charge is -2.30. The maximum atomic E-state index is 12.5. The average molecular weight is 1280 g/mol. The van der Waals surface area contributed by atoms with Gasteiger partial charge in [-0.15, -0.1) is 5.06 Å². The Morgan fingerprint density at radius 1 is 0.663 bits per heavy atom. The molecule has 30 heteroatoms. The largest absolute Gasteiger partial charge is 0.464 e. The van der Waals surface area contributed by atoms with Crippen molar-refractivity contribution in [2.45, 2.75) is 55.8 Å². The van der Waals surface area contributed by atoms with Gasteiger partial charge in [-0.05, 0) is 79.8 Å². The fourth-order valence-electron chi connectivity index (χ4n) is 9.07. The van der Waals surface area contributed by atoms with Crippen molar-refractivity contribution in [3.8, 4) is 5.75 Å². The van der Waals surface area contributed by atoms with Gasteiger partial charge in [0.05, 0.1) is 155 Å². The summed E-state index contributed by atoms with van der Waals surface area (Å²) in [6, 6.07) is 9.76. The first-order valence-corrected chi connectivity index (χ1v) is 32.7. The molecule has 3 aliphatic rings. The van der Waals surface area contributed by atoms with Crippen LogP contribution in [0.15, 0.2) is 83.6 Å². The summed E-state index contributed by atoms with van der Waals surface area (Å²) < 4.78 is 163. The third-order valence-electron chi connectivity index (χ3n) is 13.3. The molecule has 27 nitrogen and oxygen atoms in total. The van der Waals surface area contributed by atoms with Crippen LogP contribution < -0.4 is 14.5 Å². The lowest BCUT2D eigenvalue weighted by Crippen LogP contribution is -2.32. The summed E-state index contributed by atoms with van der Waals surface area (Å²) >= 11 is 0. The molecule has 5 rings (SSSR count). The summed E-state index contributed by atoms with van der Waals surface area (Å²) in [5.41, 5.74) is 2.81. The van der Waals surface area contributed by atoms with Gasteiger partial charge in [0.25, 0.3) is 42.2 Å². The summed E-state index contributed by atoms with van der Waals surface area (Å²) in [5.74, 6) is -2.38. The smallest absolute Gasteiger partial charge is 0.335 e. The number of hydrogen-bond acceptors (Lipinski definition) is 23. The van der Waals surface area contributed by atoms with E-state index < -0.39 is 65.1 Å². The van der Waals surface area contributed by atoms with E-state index in [0.29, 0.717) is 98.4 Å². The summed E-state index contributed by atoms with van der Waals surface area (Å²) in [7, 11) is -11.6. The number of rotatable bonds is 46. The molecule has 1 saturated heterocycles. The molecule has 3 heterocycles. The van der Waals surface area contributed by atoms with E-state index in [1.54, 1.807) is 25.3 Å². The number of ether oxygens (including phenoxy) is 11. The second-order valence-corrected chi connectivity index (χ2v) is 24.2. The van der Waals surface area contributed by atoms with Gasteiger partial charge >= 0.3 is 5.97 Å². The van der Waals surface area contributed by atoms with E-state index in [9.17, 15) is 53.3 Å². The summed E-state index contributed by atoms with van der Waals surface area (Å²) in [6.07, 6.45) is 10.7. The predicted molar refractivity (Wildman–Crippen MR) is 312 cm³/mol. The van der Waals surface area contributed by atoms with Crippen LogP contribution in [0.2, 0.25) is 0 Å². The van der Waals surface area contributed by atoms with E-state index in [1.165, 1.54) is 18.4 Å². The highest BCUT2D eigenvalue weighted by Gasteiger charge is 2.44. The van der Waals surface area contributed by atoms with Crippen LogP contribution in [-0.2, 0) is 102 Å². The van der Waals surface area contributed by atoms with Gasteiger partial charge in [0.15, 0.2) is 0 Å². The summed E-state index contributed by atoms with van der Waals surface area (Å²) in [4.78, 5) is 43.3. The molecule has 1 fully saturated rings. The molecule has 482 valence electrons. The van der Waals surface area contributed by atoms with Crippen molar-refractivity contribution in [2.24, 2.45) is 0 Å². The van der Waals surface area contributed by atoms with E-state index in [-0.39, 0.29) is 129 Å². The van der Waals surface area contributed by atoms with E-state index >= 15 is 0 Å². The van der Waals surface area contributed by atoms with Gasteiger partial charge in [0.2, 0.25) is 0 Å². The first-order valence-electron chi connectivity index (χ1n) is 28.1. The summed E-state index contributed by atoms with van der Waals surface area (Å²) in [5, 5.41) is 0.487. The molecular formula is C56H81N3O24S3. The molecule has 0 aliphatic carbocycles. The van der Waals surface area contributed by atoms with Crippen molar-refractivity contribution < 1.29 is 110 Å². The van der Waals surface area contributed by atoms with E-state index in [2.05, 4.69) is 0 Å². The van der Waals surface area contributed by atoms with Gasteiger partial charge < -0.3 is 66.7 Å². The maximum Gasteiger partial charge on any atom is 0.335 e. The molecule has 2 amide bonds. The number of carbonyl (C=O) groups is 3. The Kier molecular flexibility index (Phi) is 31.2. The van der Waals surface area contributed by atoms with Crippen LogP contribution in [0.3, 0.4) is 0 Å². The van der Waals surface area contributed by atoms with Crippen LogP contribution in [0.25, 0.3) is 5.57 Å². The predicted octanol–water partition coefficient (Wildman–Crippen LogP) is 3.99. The van der Waals surface area contributed by atoms with Gasteiger partial charge in [-0.1, -0.05) is 18.2 Å². The zero-order valence-electron chi connectivity index (χ0n) is 48.6. The van der Waals surface area contributed by atoms with Gasteiger partial charge in [-0.25, -0.2) is 4.79 Å². The molecular weight excluding hydrogens is 1190 g/mol. The highest BCUT2D eigenvalue weighted by atomic mass is 32.2. The second kappa shape index (κ2) is 37.6. The van der Waals surface area contributed by atoms with Crippen molar-refractivity contribution in [2.75, 3.05) is 174 Å². The van der Waals surface area contributed by atoms with Crippen LogP contribution in [0.1, 0.15) is 56.6 Å². The molecule has 0 saturated carbocycles. The first kappa shape index (κ1) is 71.5. The lowest BCUT2D eigenvalue weighted by molar-refractivity contribution is -0.198. The molecule has 2 aromatic rings. The number of nitrogens with zero attached hydrogens (tertiary/aromatic N) is 3. The number of hydroxylamine groups is 2. The molecule has 3 aliphatic heterocycles. The molecule has 0 aromatic heterocycles. The van der Waals surface area contributed by atoms with E-state index in [4.69, 9.17) is 56.9 Å². The summed E-state index contributed by atoms with van der Waals surface area (Å²) in [6.45, 7) is 8.52. The number of imide groups is 1. The monoisotopic (exact) mass is 1280 g/mol. The van der Waals surface area contributed by atoms with Crippen molar-refractivity contribution in [3.63, 3.8) is 0 Å². The van der Waals surface area contributed by atoms with Crippen molar-refractivity contribution in [1.82, 2.24) is 5.06 Å². The first-order chi connectivity index (χ1) is 41.2. The lowest BCUT2D eigenvalue weighted by atomic mass is 9.77. The molecule has 86 heavy (non-hydrogen) atoms. The number of anilines is 2. The Morgan fingerprint density at radius 2 is 1.20 bits per heavy atom. The number of methoxy groups -OCH3 is 1. The third kappa shape index (κ3) is 25.8. The molecule has 0 bridgehead atoms.